The number of piperidine rings is 1. The van der Waals surface area contributed by atoms with Gasteiger partial charge >= 0.3 is 0 Å². The van der Waals surface area contributed by atoms with E-state index in [2.05, 4.69) is 5.10 Å². The van der Waals surface area contributed by atoms with Crippen molar-refractivity contribution in [3.05, 3.63) is 17.5 Å². The molecule has 0 unspecified atom stereocenters. The lowest BCUT2D eigenvalue weighted by molar-refractivity contribution is -0.136. The van der Waals surface area contributed by atoms with Gasteiger partial charge in [0, 0.05) is 40.1 Å². The largest absolute Gasteiger partial charge is 0.377 e. The predicted molar refractivity (Wildman–Crippen MR) is 77.2 cm³/mol. The fourth-order valence-corrected chi connectivity index (χ4v) is 3.57. The summed E-state index contributed by atoms with van der Waals surface area (Å²) < 4.78 is 13.3. The lowest BCUT2D eigenvalue weighted by Gasteiger charge is -2.44. The van der Waals surface area contributed by atoms with Crippen LogP contribution in [0, 0.1) is 6.92 Å². The Kier molecular flexibility index (Phi) is 3.75. The molecule has 2 aliphatic rings. The van der Waals surface area contributed by atoms with Crippen molar-refractivity contribution in [3.63, 3.8) is 0 Å². The molecular formula is C15H23N3O3. The zero-order valence-electron chi connectivity index (χ0n) is 13.0. The Balaban J connectivity index is 1.76. The smallest absolute Gasteiger partial charge is 0.257 e. The van der Waals surface area contributed by atoms with Crippen LogP contribution in [-0.4, -0.2) is 59.1 Å². The highest BCUT2D eigenvalue weighted by Gasteiger charge is 2.47. The molecule has 3 rings (SSSR count). The van der Waals surface area contributed by atoms with Crippen LogP contribution in [-0.2, 0) is 16.5 Å². The molecule has 21 heavy (non-hydrogen) atoms. The molecule has 6 nitrogen and oxygen atoms in total. The molecule has 1 amide bonds. The van der Waals surface area contributed by atoms with Crippen LogP contribution in [0.4, 0.5) is 0 Å². The third kappa shape index (κ3) is 2.46. The molecule has 3 heterocycles. The molecule has 1 aromatic rings. The molecule has 0 radical (unpaired) electrons. The number of aryl methyl sites for hydroxylation is 2. The second kappa shape index (κ2) is 5.42. The van der Waals surface area contributed by atoms with E-state index in [9.17, 15) is 4.79 Å². The van der Waals surface area contributed by atoms with Crippen LogP contribution in [0.3, 0.4) is 0 Å². The normalized spacial score (nSPS) is 29.3. The summed E-state index contributed by atoms with van der Waals surface area (Å²) >= 11 is 0. The minimum Gasteiger partial charge on any atom is -0.377 e. The van der Waals surface area contributed by atoms with Gasteiger partial charge in [-0.1, -0.05) is 0 Å². The topological polar surface area (TPSA) is 56.6 Å². The second-order valence-corrected chi connectivity index (χ2v) is 6.04. The standard InChI is InChI=1S/C15H23N3O3/c1-11-12(9-17(2)16-11)14(19)18-7-6-15(5-4-8-21-15)13(10-18)20-3/h9,13H,4-8,10H2,1-3H3/t13-,15-/m0/s1. The second-order valence-electron chi connectivity index (χ2n) is 6.04. The number of ether oxygens (including phenoxy) is 2. The third-order valence-corrected chi connectivity index (χ3v) is 4.73. The summed E-state index contributed by atoms with van der Waals surface area (Å²) in [5.74, 6) is 0.0375. The number of amides is 1. The van der Waals surface area contributed by atoms with Crippen LogP contribution in [0.15, 0.2) is 6.20 Å². The first-order chi connectivity index (χ1) is 10.1. The first-order valence-corrected chi connectivity index (χ1v) is 7.52. The Morgan fingerprint density at radius 1 is 1.52 bits per heavy atom. The summed E-state index contributed by atoms with van der Waals surface area (Å²) in [6, 6.07) is 0. The number of rotatable bonds is 2. The first-order valence-electron chi connectivity index (χ1n) is 7.52. The number of hydrogen-bond donors (Lipinski definition) is 0. The summed E-state index contributed by atoms with van der Waals surface area (Å²) in [5.41, 5.74) is 1.26. The fraction of sp³-hybridized carbons (Fsp3) is 0.733. The molecule has 2 saturated heterocycles. The summed E-state index contributed by atoms with van der Waals surface area (Å²) in [7, 11) is 3.54. The van der Waals surface area contributed by atoms with Gasteiger partial charge in [-0.05, 0) is 26.2 Å². The van der Waals surface area contributed by atoms with Crippen molar-refractivity contribution in [2.75, 3.05) is 26.8 Å². The highest BCUT2D eigenvalue weighted by molar-refractivity contribution is 5.95. The van der Waals surface area contributed by atoms with Gasteiger partial charge in [0.15, 0.2) is 0 Å². The van der Waals surface area contributed by atoms with Crippen molar-refractivity contribution < 1.29 is 14.3 Å². The molecule has 0 aliphatic carbocycles. The molecule has 1 spiro atoms. The van der Waals surface area contributed by atoms with Gasteiger partial charge in [-0.25, -0.2) is 0 Å². The minimum absolute atomic E-state index is 0.0375. The van der Waals surface area contributed by atoms with Gasteiger partial charge in [-0.3, -0.25) is 9.48 Å². The quantitative estimate of drug-likeness (QED) is 0.820. The van der Waals surface area contributed by atoms with E-state index in [0.29, 0.717) is 18.7 Å². The lowest BCUT2D eigenvalue weighted by Crippen LogP contribution is -2.57. The van der Waals surface area contributed by atoms with E-state index >= 15 is 0 Å². The molecule has 1 aromatic heterocycles. The maximum Gasteiger partial charge on any atom is 0.257 e. The number of methoxy groups -OCH3 is 1. The number of hydrogen-bond acceptors (Lipinski definition) is 4. The van der Waals surface area contributed by atoms with Crippen molar-refractivity contribution in [1.29, 1.82) is 0 Å². The van der Waals surface area contributed by atoms with E-state index in [0.717, 1.165) is 31.6 Å². The first kappa shape index (κ1) is 14.5. The summed E-state index contributed by atoms with van der Waals surface area (Å²) in [6.07, 6.45) is 4.69. The SMILES string of the molecule is CO[C@H]1CN(C(=O)c2cn(C)nc2C)CC[C@@]12CCCO2. The average molecular weight is 293 g/mol. The molecular weight excluding hydrogens is 270 g/mol. The van der Waals surface area contributed by atoms with Gasteiger partial charge in [-0.2, -0.15) is 5.10 Å². The zero-order valence-corrected chi connectivity index (χ0v) is 13.0. The van der Waals surface area contributed by atoms with E-state index in [-0.39, 0.29) is 17.6 Å². The number of carbonyl (C=O) groups excluding carboxylic acids is 1. The molecule has 0 N–H and O–H groups in total. The Bertz CT molecular complexity index is 534. The molecule has 0 saturated carbocycles. The minimum atomic E-state index is -0.185. The highest BCUT2D eigenvalue weighted by atomic mass is 16.5. The van der Waals surface area contributed by atoms with Crippen molar-refractivity contribution in [3.8, 4) is 0 Å². The van der Waals surface area contributed by atoms with Crippen LogP contribution < -0.4 is 0 Å². The van der Waals surface area contributed by atoms with Crippen LogP contribution in [0.5, 0.6) is 0 Å². The van der Waals surface area contributed by atoms with Crippen LogP contribution in [0.1, 0.15) is 35.3 Å². The summed E-state index contributed by atoms with van der Waals surface area (Å²) in [6.45, 7) is 3.97. The van der Waals surface area contributed by atoms with Gasteiger partial charge in [0.25, 0.3) is 5.91 Å². The summed E-state index contributed by atoms with van der Waals surface area (Å²) in [4.78, 5) is 14.5. The van der Waals surface area contributed by atoms with Crippen molar-refractivity contribution in [2.45, 2.75) is 37.9 Å². The maximum absolute atomic E-state index is 12.7. The monoisotopic (exact) mass is 293 g/mol. The van der Waals surface area contributed by atoms with Gasteiger partial charge in [-0.15, -0.1) is 0 Å². The molecule has 0 bridgehead atoms. The third-order valence-electron chi connectivity index (χ3n) is 4.73. The van der Waals surface area contributed by atoms with E-state index < -0.39 is 0 Å². The van der Waals surface area contributed by atoms with Crippen molar-refractivity contribution in [2.24, 2.45) is 7.05 Å². The lowest BCUT2D eigenvalue weighted by atomic mass is 9.85. The number of aromatic nitrogens is 2. The number of carbonyl (C=O) groups is 1. The van der Waals surface area contributed by atoms with Gasteiger partial charge in [0.1, 0.15) is 6.10 Å². The Hall–Kier alpha value is -1.40. The molecule has 2 atom stereocenters. The maximum atomic E-state index is 12.7. The van der Waals surface area contributed by atoms with Gasteiger partial charge in [0.05, 0.1) is 16.9 Å². The number of nitrogens with zero attached hydrogens (tertiary/aromatic N) is 3. The summed E-state index contributed by atoms with van der Waals surface area (Å²) in [5, 5.41) is 4.25. The van der Waals surface area contributed by atoms with E-state index in [1.54, 1.807) is 18.0 Å². The number of likely N-dealkylation sites (tertiary alicyclic amines) is 1. The highest BCUT2D eigenvalue weighted by Crippen LogP contribution is 2.37. The molecule has 0 aromatic carbocycles. The fourth-order valence-electron chi connectivity index (χ4n) is 3.57. The van der Waals surface area contributed by atoms with Gasteiger partial charge in [0.2, 0.25) is 0 Å². The Morgan fingerprint density at radius 2 is 2.33 bits per heavy atom. The van der Waals surface area contributed by atoms with Crippen LogP contribution >= 0.6 is 0 Å². The van der Waals surface area contributed by atoms with E-state index in [1.165, 1.54) is 0 Å². The molecule has 2 aliphatic heterocycles. The predicted octanol–water partition coefficient (Wildman–Crippen LogP) is 1.14. The Morgan fingerprint density at radius 3 is 2.90 bits per heavy atom. The average Bonchev–Trinajstić information content (AvgIpc) is 3.06. The van der Waals surface area contributed by atoms with Crippen molar-refractivity contribution >= 4 is 5.91 Å². The van der Waals surface area contributed by atoms with E-state index in [1.807, 2.05) is 18.9 Å². The molecule has 116 valence electrons. The molecule has 6 heteroatoms. The van der Waals surface area contributed by atoms with Crippen LogP contribution in [0.2, 0.25) is 0 Å². The van der Waals surface area contributed by atoms with Gasteiger partial charge < -0.3 is 14.4 Å². The van der Waals surface area contributed by atoms with Crippen molar-refractivity contribution in [1.82, 2.24) is 14.7 Å². The van der Waals surface area contributed by atoms with E-state index in [4.69, 9.17) is 9.47 Å². The molecule has 2 fully saturated rings. The zero-order chi connectivity index (χ0) is 15.0. The Labute approximate surface area is 125 Å². The van der Waals surface area contributed by atoms with Crippen LogP contribution in [0.25, 0.3) is 0 Å².